The van der Waals surface area contributed by atoms with Crippen molar-refractivity contribution in [3.05, 3.63) is 71.8 Å². The molecule has 7 nitrogen and oxygen atoms in total. The van der Waals surface area contributed by atoms with Gasteiger partial charge in [-0.05, 0) is 79.1 Å². The number of benzene rings is 3. The number of carbonyl (C=O) groups excluding carboxylic acids is 2. The third-order valence-corrected chi connectivity index (χ3v) is 7.65. The van der Waals surface area contributed by atoms with Crippen molar-refractivity contribution in [3.8, 4) is 0 Å². The predicted octanol–water partition coefficient (Wildman–Crippen LogP) is 6.98. The van der Waals surface area contributed by atoms with E-state index < -0.39 is 23.4 Å². The number of carbonyl (C=O) groups is 3. The third-order valence-electron chi connectivity index (χ3n) is 7.65. The monoisotopic (exact) mass is 515 g/mol. The quantitative estimate of drug-likeness (QED) is 0.247. The van der Waals surface area contributed by atoms with E-state index in [2.05, 4.69) is 22.9 Å². The molecule has 0 heterocycles. The summed E-state index contributed by atoms with van der Waals surface area (Å²) in [5.74, 6) is -1.73. The number of amides is 3. The van der Waals surface area contributed by atoms with Gasteiger partial charge < -0.3 is 21.1 Å². The molecule has 1 fully saturated rings. The highest BCUT2D eigenvalue weighted by atomic mass is 16.4. The second-order valence-corrected chi connectivity index (χ2v) is 10.4. The molecule has 200 valence electrons. The summed E-state index contributed by atoms with van der Waals surface area (Å²) in [4.78, 5) is 38.9. The summed E-state index contributed by atoms with van der Waals surface area (Å²) in [6, 6.07) is 18.2. The summed E-state index contributed by atoms with van der Waals surface area (Å²) in [5.41, 5.74) is 0.991. The number of aryl methyl sites for hydroxylation is 1. The molecule has 4 rings (SSSR count). The highest BCUT2D eigenvalue weighted by Gasteiger charge is 2.43. The largest absolute Gasteiger partial charge is 0.480 e. The van der Waals surface area contributed by atoms with Crippen LogP contribution in [-0.4, -0.2) is 28.6 Å². The van der Waals surface area contributed by atoms with Crippen LogP contribution in [0.5, 0.6) is 0 Å². The molecule has 4 N–H and O–H groups in total. The summed E-state index contributed by atoms with van der Waals surface area (Å²) in [6.45, 7) is 3.74. The van der Waals surface area contributed by atoms with Crippen molar-refractivity contribution < 1.29 is 19.5 Å². The predicted molar refractivity (Wildman–Crippen MR) is 152 cm³/mol. The SMILES string of the molecule is CCCCc1ccc(NC(=O)Nc2cc3ccccc3cc2C(=O)N[C@](C)(C(=O)O)C2CCCCC2)cc1. The third kappa shape index (κ3) is 6.33. The average Bonchev–Trinajstić information content (AvgIpc) is 2.92. The van der Waals surface area contributed by atoms with Gasteiger partial charge in [0.05, 0.1) is 11.3 Å². The maximum atomic E-state index is 13.6. The molecule has 3 amide bonds. The van der Waals surface area contributed by atoms with Gasteiger partial charge in [0, 0.05) is 5.69 Å². The fourth-order valence-electron chi connectivity index (χ4n) is 5.27. The van der Waals surface area contributed by atoms with Crippen molar-refractivity contribution in [2.45, 2.75) is 70.8 Å². The van der Waals surface area contributed by atoms with Gasteiger partial charge in [-0.3, -0.25) is 4.79 Å². The van der Waals surface area contributed by atoms with Crippen molar-refractivity contribution in [3.63, 3.8) is 0 Å². The Morgan fingerprint density at radius 2 is 1.58 bits per heavy atom. The van der Waals surface area contributed by atoms with Crippen molar-refractivity contribution >= 4 is 40.1 Å². The van der Waals surface area contributed by atoms with Gasteiger partial charge in [-0.25, -0.2) is 9.59 Å². The topological polar surface area (TPSA) is 108 Å². The van der Waals surface area contributed by atoms with Crippen LogP contribution in [0, 0.1) is 5.92 Å². The van der Waals surface area contributed by atoms with Crippen LogP contribution in [0.2, 0.25) is 0 Å². The molecule has 0 aliphatic heterocycles. The van der Waals surface area contributed by atoms with Crippen LogP contribution in [0.4, 0.5) is 16.2 Å². The first-order chi connectivity index (χ1) is 18.3. The fourth-order valence-corrected chi connectivity index (χ4v) is 5.27. The van der Waals surface area contributed by atoms with Gasteiger partial charge in [0.2, 0.25) is 0 Å². The Morgan fingerprint density at radius 3 is 2.21 bits per heavy atom. The lowest BCUT2D eigenvalue weighted by Crippen LogP contribution is -2.57. The maximum absolute atomic E-state index is 13.6. The summed E-state index contributed by atoms with van der Waals surface area (Å²) >= 11 is 0. The molecule has 0 unspecified atom stereocenters. The minimum atomic E-state index is -1.40. The maximum Gasteiger partial charge on any atom is 0.329 e. The molecule has 38 heavy (non-hydrogen) atoms. The molecule has 3 aromatic rings. The van der Waals surface area contributed by atoms with Gasteiger partial charge in [0.25, 0.3) is 5.91 Å². The summed E-state index contributed by atoms with van der Waals surface area (Å²) < 4.78 is 0. The van der Waals surface area contributed by atoms with Gasteiger partial charge in [-0.15, -0.1) is 0 Å². The molecule has 0 radical (unpaired) electrons. The number of anilines is 2. The minimum absolute atomic E-state index is 0.154. The molecule has 0 aromatic heterocycles. The van der Waals surface area contributed by atoms with Gasteiger partial charge in [-0.1, -0.05) is 69.0 Å². The Balaban J connectivity index is 1.57. The van der Waals surface area contributed by atoms with E-state index in [9.17, 15) is 19.5 Å². The molecule has 0 saturated heterocycles. The van der Waals surface area contributed by atoms with Gasteiger partial charge in [0.1, 0.15) is 5.54 Å². The number of nitrogens with one attached hydrogen (secondary N) is 3. The zero-order valence-corrected chi connectivity index (χ0v) is 22.2. The number of unbranched alkanes of at least 4 members (excludes halogenated alkanes) is 1. The van der Waals surface area contributed by atoms with E-state index in [4.69, 9.17) is 0 Å². The minimum Gasteiger partial charge on any atom is -0.480 e. The summed E-state index contributed by atoms with van der Waals surface area (Å²) in [5, 5.41) is 20.2. The van der Waals surface area contributed by atoms with Crippen molar-refractivity contribution in [2.75, 3.05) is 10.6 Å². The van der Waals surface area contributed by atoms with Crippen LogP contribution in [0.15, 0.2) is 60.7 Å². The van der Waals surface area contributed by atoms with E-state index in [0.717, 1.165) is 62.1 Å². The number of carboxylic acids is 1. The molecular formula is C31H37N3O4. The second kappa shape index (κ2) is 12.1. The summed E-state index contributed by atoms with van der Waals surface area (Å²) in [7, 11) is 0. The molecule has 1 atom stereocenters. The Morgan fingerprint density at radius 1 is 0.921 bits per heavy atom. The molecule has 7 heteroatoms. The molecule has 0 spiro atoms. The lowest BCUT2D eigenvalue weighted by atomic mass is 9.75. The van der Waals surface area contributed by atoms with E-state index in [1.807, 2.05) is 48.5 Å². The molecule has 1 aliphatic carbocycles. The highest BCUT2D eigenvalue weighted by molar-refractivity contribution is 6.10. The fraction of sp³-hybridized carbons (Fsp3) is 0.387. The second-order valence-electron chi connectivity index (χ2n) is 10.4. The Kier molecular flexibility index (Phi) is 8.66. The van der Waals surface area contributed by atoms with Gasteiger partial charge in [0.15, 0.2) is 0 Å². The van der Waals surface area contributed by atoms with E-state index in [0.29, 0.717) is 11.4 Å². The Hall–Kier alpha value is -3.87. The molecule has 1 aliphatic rings. The number of hydrogen-bond donors (Lipinski definition) is 4. The normalized spacial score (nSPS) is 15.4. The molecule has 1 saturated carbocycles. The number of fused-ring (bicyclic) bond motifs is 1. The van der Waals surface area contributed by atoms with E-state index in [-0.39, 0.29) is 11.5 Å². The van der Waals surface area contributed by atoms with E-state index in [1.54, 1.807) is 19.1 Å². The van der Waals surface area contributed by atoms with Crippen LogP contribution in [0.1, 0.15) is 74.7 Å². The Labute approximate surface area is 224 Å². The summed E-state index contributed by atoms with van der Waals surface area (Å²) in [6.07, 6.45) is 7.72. The van der Waals surface area contributed by atoms with Crippen LogP contribution in [0.25, 0.3) is 10.8 Å². The van der Waals surface area contributed by atoms with E-state index >= 15 is 0 Å². The molecular weight excluding hydrogens is 478 g/mol. The molecule has 0 bridgehead atoms. The number of aliphatic carboxylic acids is 1. The molecule has 3 aromatic carbocycles. The number of rotatable bonds is 9. The standard InChI is InChI=1S/C31H37N3O4/c1-3-4-10-21-15-17-25(18-16-21)32-30(38)33-27-20-23-12-9-8-11-22(23)19-26(27)28(35)34-31(2,29(36)37)24-13-6-5-7-14-24/h8-9,11-12,15-20,24H,3-7,10,13-14H2,1-2H3,(H,34,35)(H,36,37)(H2,32,33,38)/t31-/m0/s1. The van der Waals surface area contributed by atoms with Gasteiger partial charge in [-0.2, -0.15) is 0 Å². The van der Waals surface area contributed by atoms with E-state index in [1.165, 1.54) is 5.56 Å². The lowest BCUT2D eigenvalue weighted by molar-refractivity contribution is -0.146. The van der Waals surface area contributed by atoms with Crippen LogP contribution >= 0.6 is 0 Å². The van der Waals surface area contributed by atoms with Crippen LogP contribution < -0.4 is 16.0 Å². The number of hydrogen-bond acceptors (Lipinski definition) is 3. The van der Waals surface area contributed by atoms with Gasteiger partial charge >= 0.3 is 12.0 Å². The first-order valence-corrected chi connectivity index (χ1v) is 13.6. The lowest BCUT2D eigenvalue weighted by Gasteiger charge is -2.37. The van der Waals surface area contributed by atoms with Crippen molar-refractivity contribution in [2.24, 2.45) is 5.92 Å². The van der Waals surface area contributed by atoms with Crippen LogP contribution in [0.3, 0.4) is 0 Å². The first-order valence-electron chi connectivity index (χ1n) is 13.6. The highest BCUT2D eigenvalue weighted by Crippen LogP contribution is 2.34. The first kappa shape index (κ1) is 27.2. The van der Waals surface area contributed by atoms with Crippen molar-refractivity contribution in [1.82, 2.24) is 5.32 Å². The average molecular weight is 516 g/mol. The number of urea groups is 1. The van der Waals surface area contributed by atoms with Crippen molar-refractivity contribution in [1.29, 1.82) is 0 Å². The Bertz CT molecular complexity index is 1300. The van der Waals surface area contributed by atoms with Crippen LogP contribution in [-0.2, 0) is 11.2 Å². The smallest absolute Gasteiger partial charge is 0.329 e. The zero-order valence-electron chi connectivity index (χ0n) is 22.2. The zero-order chi connectivity index (χ0) is 27.1. The number of carboxylic acid groups (broad SMARTS) is 1.